The minimum atomic E-state index is -0.445. The van der Waals surface area contributed by atoms with Gasteiger partial charge < -0.3 is 10.2 Å². The predicted octanol–water partition coefficient (Wildman–Crippen LogP) is 3.04. The summed E-state index contributed by atoms with van der Waals surface area (Å²) in [5, 5.41) is 13.6. The first-order chi connectivity index (χ1) is 13.1. The number of rotatable bonds is 6. The van der Waals surface area contributed by atoms with E-state index in [1.165, 1.54) is 18.2 Å². The fraction of sp³-hybridized carbons (Fsp3) is 0.300. The number of pyridine rings is 1. The van der Waals surface area contributed by atoms with E-state index in [2.05, 4.69) is 15.2 Å². The summed E-state index contributed by atoms with van der Waals surface area (Å²) in [6, 6.07) is 12.0. The molecule has 0 saturated carbocycles. The van der Waals surface area contributed by atoms with E-state index in [9.17, 15) is 14.9 Å². The number of carbonyl (C=O) groups is 1. The van der Waals surface area contributed by atoms with E-state index in [-0.39, 0.29) is 11.6 Å². The number of nitro benzene ring substituents is 1. The van der Waals surface area contributed by atoms with Crippen molar-refractivity contribution in [3.05, 3.63) is 70.4 Å². The van der Waals surface area contributed by atoms with Crippen LogP contribution in [-0.4, -0.2) is 35.4 Å². The Bertz CT molecular complexity index is 798. The number of nitro groups is 1. The standard InChI is InChI=1S/C20H22N4O3/c25-20(9-6-16-4-7-18(8-5-16)24(26)27)22-15-17-10-13-23(14-11-17)19-3-1-2-12-21-19/h1-9,12,17H,10-11,13-15H2,(H,22,25)/b9-6+. The zero-order valence-electron chi connectivity index (χ0n) is 15.0. The molecule has 0 atom stereocenters. The lowest BCUT2D eigenvalue weighted by Gasteiger charge is -2.32. The van der Waals surface area contributed by atoms with Gasteiger partial charge in [-0.3, -0.25) is 14.9 Å². The quantitative estimate of drug-likeness (QED) is 0.482. The highest BCUT2D eigenvalue weighted by molar-refractivity contribution is 5.91. The average molecular weight is 366 g/mol. The topological polar surface area (TPSA) is 88.4 Å². The maximum atomic E-state index is 12.0. The molecular weight excluding hydrogens is 344 g/mol. The first kappa shape index (κ1) is 18.6. The lowest BCUT2D eigenvalue weighted by Crippen LogP contribution is -2.38. The monoisotopic (exact) mass is 366 g/mol. The highest BCUT2D eigenvalue weighted by Gasteiger charge is 2.20. The van der Waals surface area contributed by atoms with Crippen LogP contribution in [0.4, 0.5) is 11.5 Å². The summed E-state index contributed by atoms with van der Waals surface area (Å²) in [4.78, 5) is 28.8. The molecular formula is C20H22N4O3. The largest absolute Gasteiger partial charge is 0.357 e. The number of non-ortho nitro benzene ring substituents is 1. The molecule has 1 amide bonds. The van der Waals surface area contributed by atoms with Crippen LogP contribution < -0.4 is 10.2 Å². The number of carbonyl (C=O) groups excluding carboxylic acids is 1. The second-order valence-electron chi connectivity index (χ2n) is 6.55. The molecule has 0 unspecified atom stereocenters. The summed E-state index contributed by atoms with van der Waals surface area (Å²) in [5.41, 5.74) is 0.785. The van der Waals surface area contributed by atoms with Crippen molar-refractivity contribution < 1.29 is 9.72 Å². The Kier molecular flexibility index (Phi) is 6.14. The summed E-state index contributed by atoms with van der Waals surface area (Å²) in [6.07, 6.45) is 6.96. The van der Waals surface area contributed by atoms with Gasteiger partial charge in [0, 0.05) is 44.0 Å². The van der Waals surface area contributed by atoms with E-state index in [1.54, 1.807) is 24.4 Å². The Morgan fingerprint density at radius 1 is 1.22 bits per heavy atom. The lowest BCUT2D eigenvalue weighted by molar-refractivity contribution is -0.384. The molecule has 3 rings (SSSR count). The molecule has 1 aromatic heterocycles. The minimum Gasteiger partial charge on any atom is -0.357 e. The number of nitrogens with one attached hydrogen (secondary N) is 1. The summed E-state index contributed by atoms with van der Waals surface area (Å²) >= 11 is 0. The second kappa shape index (κ2) is 8.93. The van der Waals surface area contributed by atoms with E-state index in [1.807, 2.05) is 18.2 Å². The molecule has 2 aromatic rings. The van der Waals surface area contributed by atoms with Gasteiger partial charge in [0.25, 0.3) is 5.69 Å². The summed E-state index contributed by atoms with van der Waals surface area (Å²) < 4.78 is 0. The van der Waals surface area contributed by atoms with Crippen LogP contribution in [0.5, 0.6) is 0 Å². The molecule has 140 valence electrons. The molecule has 1 fully saturated rings. The van der Waals surface area contributed by atoms with Crippen molar-refractivity contribution in [1.82, 2.24) is 10.3 Å². The third-order valence-corrected chi connectivity index (χ3v) is 4.68. The van der Waals surface area contributed by atoms with Crippen molar-refractivity contribution in [3.8, 4) is 0 Å². The number of hydrogen-bond acceptors (Lipinski definition) is 5. The molecule has 1 aromatic carbocycles. The molecule has 0 aliphatic carbocycles. The van der Waals surface area contributed by atoms with E-state index in [0.717, 1.165) is 37.3 Å². The Morgan fingerprint density at radius 3 is 2.59 bits per heavy atom. The van der Waals surface area contributed by atoms with Crippen molar-refractivity contribution in [2.75, 3.05) is 24.5 Å². The van der Waals surface area contributed by atoms with Crippen molar-refractivity contribution in [1.29, 1.82) is 0 Å². The van der Waals surface area contributed by atoms with Crippen molar-refractivity contribution in [3.63, 3.8) is 0 Å². The third-order valence-electron chi connectivity index (χ3n) is 4.68. The molecule has 27 heavy (non-hydrogen) atoms. The zero-order valence-corrected chi connectivity index (χ0v) is 15.0. The van der Waals surface area contributed by atoms with Crippen LogP contribution in [-0.2, 0) is 4.79 Å². The van der Waals surface area contributed by atoms with Gasteiger partial charge in [-0.2, -0.15) is 0 Å². The van der Waals surface area contributed by atoms with Gasteiger partial charge in [-0.25, -0.2) is 4.98 Å². The van der Waals surface area contributed by atoms with E-state index < -0.39 is 4.92 Å². The van der Waals surface area contributed by atoms with Crippen molar-refractivity contribution in [2.45, 2.75) is 12.8 Å². The van der Waals surface area contributed by atoms with Gasteiger partial charge in [-0.05, 0) is 54.7 Å². The van der Waals surface area contributed by atoms with Gasteiger partial charge in [0.05, 0.1) is 4.92 Å². The highest BCUT2D eigenvalue weighted by Crippen LogP contribution is 2.21. The summed E-state index contributed by atoms with van der Waals surface area (Å²) in [7, 11) is 0. The third kappa shape index (κ3) is 5.37. The fourth-order valence-electron chi connectivity index (χ4n) is 3.09. The smallest absolute Gasteiger partial charge is 0.269 e. The number of hydrogen-bond donors (Lipinski definition) is 1. The molecule has 1 N–H and O–H groups in total. The molecule has 1 aliphatic heterocycles. The molecule has 0 bridgehead atoms. The predicted molar refractivity (Wildman–Crippen MR) is 104 cm³/mol. The lowest BCUT2D eigenvalue weighted by atomic mass is 9.97. The summed E-state index contributed by atoms with van der Waals surface area (Å²) in [5.74, 6) is 1.31. The van der Waals surface area contributed by atoms with Crippen molar-refractivity contribution >= 4 is 23.5 Å². The van der Waals surface area contributed by atoms with Crippen LogP contribution in [0.25, 0.3) is 6.08 Å². The first-order valence-corrected chi connectivity index (χ1v) is 8.98. The molecule has 1 aliphatic rings. The van der Waals surface area contributed by atoms with Crippen molar-refractivity contribution in [2.24, 2.45) is 5.92 Å². The van der Waals surface area contributed by atoms with Gasteiger partial charge in [-0.1, -0.05) is 6.07 Å². The molecule has 7 heteroatoms. The number of benzene rings is 1. The van der Waals surface area contributed by atoms with Crippen LogP contribution in [0.2, 0.25) is 0 Å². The van der Waals surface area contributed by atoms with E-state index in [0.29, 0.717) is 12.5 Å². The maximum absolute atomic E-state index is 12.0. The Labute approximate surface area is 157 Å². The van der Waals surface area contributed by atoms with Gasteiger partial charge in [0.15, 0.2) is 0 Å². The second-order valence-corrected chi connectivity index (χ2v) is 6.55. The van der Waals surface area contributed by atoms with Crippen LogP contribution in [0.3, 0.4) is 0 Å². The molecule has 7 nitrogen and oxygen atoms in total. The number of nitrogens with zero attached hydrogens (tertiary/aromatic N) is 3. The number of aromatic nitrogens is 1. The summed E-state index contributed by atoms with van der Waals surface area (Å²) in [6.45, 7) is 2.53. The fourth-order valence-corrected chi connectivity index (χ4v) is 3.09. The Hall–Kier alpha value is -3.22. The first-order valence-electron chi connectivity index (χ1n) is 8.98. The molecule has 2 heterocycles. The van der Waals surface area contributed by atoms with Crippen LogP contribution >= 0.6 is 0 Å². The minimum absolute atomic E-state index is 0.0358. The Balaban J connectivity index is 1.41. The highest BCUT2D eigenvalue weighted by atomic mass is 16.6. The van der Waals surface area contributed by atoms with E-state index >= 15 is 0 Å². The van der Waals surface area contributed by atoms with Gasteiger partial charge >= 0.3 is 0 Å². The SMILES string of the molecule is O=C(/C=C/c1ccc([N+](=O)[O-])cc1)NCC1CCN(c2ccccn2)CC1. The molecule has 0 radical (unpaired) electrons. The maximum Gasteiger partial charge on any atom is 0.269 e. The van der Waals surface area contributed by atoms with Gasteiger partial charge in [0.1, 0.15) is 5.82 Å². The normalized spacial score (nSPS) is 15.0. The number of piperidine rings is 1. The number of anilines is 1. The van der Waals surface area contributed by atoms with Gasteiger partial charge in [0.2, 0.25) is 5.91 Å². The average Bonchev–Trinajstić information content (AvgIpc) is 2.72. The van der Waals surface area contributed by atoms with Crippen LogP contribution in [0, 0.1) is 16.0 Å². The van der Waals surface area contributed by atoms with Crippen LogP contribution in [0.1, 0.15) is 18.4 Å². The zero-order chi connectivity index (χ0) is 19.1. The molecule has 0 spiro atoms. The molecule has 1 saturated heterocycles. The van der Waals surface area contributed by atoms with E-state index in [4.69, 9.17) is 0 Å². The van der Waals surface area contributed by atoms with Gasteiger partial charge in [-0.15, -0.1) is 0 Å². The number of amides is 1. The van der Waals surface area contributed by atoms with Crippen LogP contribution in [0.15, 0.2) is 54.7 Å². The Morgan fingerprint density at radius 2 is 1.96 bits per heavy atom.